The van der Waals surface area contributed by atoms with Crippen molar-refractivity contribution in [3.63, 3.8) is 0 Å². The van der Waals surface area contributed by atoms with E-state index >= 15 is 0 Å². The molecule has 1 aliphatic rings. The van der Waals surface area contributed by atoms with Crippen LogP contribution >= 0.6 is 0 Å². The van der Waals surface area contributed by atoms with Crippen molar-refractivity contribution in [1.82, 2.24) is 20.3 Å². The van der Waals surface area contributed by atoms with Crippen LogP contribution in [0.25, 0.3) is 11.0 Å². The predicted molar refractivity (Wildman–Crippen MR) is 69.4 cm³/mol. The minimum absolute atomic E-state index is 0.400. The summed E-state index contributed by atoms with van der Waals surface area (Å²) in [6.07, 6.45) is 2.77. The van der Waals surface area contributed by atoms with Crippen LogP contribution in [-0.4, -0.2) is 40.8 Å². The largest absolute Gasteiger partial charge is 0.377 e. The summed E-state index contributed by atoms with van der Waals surface area (Å²) in [5.74, 6) is 0. The molecule has 1 N–H and O–H groups in total. The number of benzene rings is 1. The Bertz CT molecular complexity index is 504. The molecule has 1 aliphatic heterocycles. The van der Waals surface area contributed by atoms with Crippen molar-refractivity contribution in [2.24, 2.45) is 0 Å². The van der Waals surface area contributed by atoms with Gasteiger partial charge in [0.05, 0.1) is 18.2 Å². The number of nitrogens with one attached hydrogen (secondary N) is 1. The molecule has 1 unspecified atom stereocenters. The molecule has 1 aromatic heterocycles. The number of ether oxygens (including phenoxy) is 1. The number of para-hydroxylation sites is 1. The predicted octanol–water partition coefficient (Wildman–Crippen LogP) is 1.20. The van der Waals surface area contributed by atoms with Crippen LogP contribution in [0.2, 0.25) is 0 Å². The first-order valence-corrected chi connectivity index (χ1v) is 6.54. The van der Waals surface area contributed by atoms with Crippen molar-refractivity contribution in [3.8, 4) is 0 Å². The zero-order valence-electron chi connectivity index (χ0n) is 10.4. The summed E-state index contributed by atoms with van der Waals surface area (Å²) in [4.78, 5) is 0. The molecule has 5 heteroatoms. The van der Waals surface area contributed by atoms with Crippen LogP contribution in [0.15, 0.2) is 24.3 Å². The molecule has 96 valence electrons. The quantitative estimate of drug-likeness (QED) is 0.805. The van der Waals surface area contributed by atoms with Gasteiger partial charge in [-0.05, 0) is 25.0 Å². The van der Waals surface area contributed by atoms with E-state index in [0.717, 1.165) is 37.3 Å². The number of fused-ring (bicyclic) bond motifs is 1. The fourth-order valence-corrected chi connectivity index (χ4v) is 2.34. The molecule has 5 nitrogen and oxygen atoms in total. The van der Waals surface area contributed by atoms with E-state index in [2.05, 4.69) is 21.7 Å². The highest BCUT2D eigenvalue weighted by atomic mass is 16.5. The van der Waals surface area contributed by atoms with E-state index < -0.39 is 0 Å². The minimum atomic E-state index is 0.400. The first-order chi connectivity index (χ1) is 8.93. The Balaban J connectivity index is 1.50. The first-order valence-electron chi connectivity index (χ1n) is 6.54. The molecular formula is C13H18N4O. The van der Waals surface area contributed by atoms with E-state index in [4.69, 9.17) is 4.74 Å². The van der Waals surface area contributed by atoms with Gasteiger partial charge in [0.25, 0.3) is 0 Å². The van der Waals surface area contributed by atoms with Crippen molar-refractivity contribution in [2.45, 2.75) is 25.5 Å². The highest BCUT2D eigenvalue weighted by molar-refractivity contribution is 5.73. The van der Waals surface area contributed by atoms with E-state index in [9.17, 15) is 0 Å². The molecule has 0 radical (unpaired) electrons. The fraction of sp³-hybridized carbons (Fsp3) is 0.538. The van der Waals surface area contributed by atoms with Crippen molar-refractivity contribution < 1.29 is 4.74 Å². The molecule has 0 amide bonds. The summed E-state index contributed by atoms with van der Waals surface area (Å²) in [6.45, 7) is 3.59. The number of hydrogen-bond acceptors (Lipinski definition) is 4. The summed E-state index contributed by atoms with van der Waals surface area (Å²) < 4.78 is 7.51. The van der Waals surface area contributed by atoms with Crippen LogP contribution in [0.1, 0.15) is 12.8 Å². The van der Waals surface area contributed by atoms with E-state index in [1.165, 1.54) is 12.8 Å². The third-order valence-corrected chi connectivity index (χ3v) is 3.32. The monoisotopic (exact) mass is 246 g/mol. The van der Waals surface area contributed by atoms with Gasteiger partial charge in [-0.3, -0.25) is 0 Å². The maximum atomic E-state index is 5.56. The van der Waals surface area contributed by atoms with Gasteiger partial charge in [-0.2, -0.15) is 0 Å². The molecule has 0 bridgehead atoms. The van der Waals surface area contributed by atoms with Crippen LogP contribution in [0.4, 0.5) is 0 Å². The van der Waals surface area contributed by atoms with Crippen LogP contribution in [-0.2, 0) is 11.3 Å². The summed E-state index contributed by atoms with van der Waals surface area (Å²) in [6, 6.07) is 8.03. The minimum Gasteiger partial charge on any atom is -0.377 e. The lowest BCUT2D eigenvalue weighted by Gasteiger charge is -2.10. The van der Waals surface area contributed by atoms with Gasteiger partial charge in [0.15, 0.2) is 0 Å². The van der Waals surface area contributed by atoms with Crippen molar-refractivity contribution >= 4 is 11.0 Å². The van der Waals surface area contributed by atoms with Gasteiger partial charge in [-0.15, -0.1) is 5.10 Å². The van der Waals surface area contributed by atoms with Crippen molar-refractivity contribution in [2.75, 3.05) is 19.7 Å². The van der Waals surface area contributed by atoms with Crippen LogP contribution in [0, 0.1) is 0 Å². The fourth-order valence-electron chi connectivity index (χ4n) is 2.34. The van der Waals surface area contributed by atoms with Gasteiger partial charge >= 0.3 is 0 Å². The van der Waals surface area contributed by atoms with Gasteiger partial charge in [0, 0.05) is 19.7 Å². The molecule has 1 atom stereocenters. The second-order valence-corrected chi connectivity index (χ2v) is 4.64. The highest BCUT2D eigenvalue weighted by Gasteiger charge is 2.14. The summed E-state index contributed by atoms with van der Waals surface area (Å²) in [5, 5.41) is 11.7. The second kappa shape index (κ2) is 5.46. The average molecular weight is 246 g/mol. The first kappa shape index (κ1) is 11.6. The molecule has 3 rings (SSSR count). The molecule has 0 aliphatic carbocycles. The third-order valence-electron chi connectivity index (χ3n) is 3.32. The highest BCUT2D eigenvalue weighted by Crippen LogP contribution is 2.11. The van der Waals surface area contributed by atoms with Crippen LogP contribution in [0.5, 0.6) is 0 Å². The zero-order valence-corrected chi connectivity index (χ0v) is 10.4. The van der Waals surface area contributed by atoms with E-state index in [1.54, 1.807) is 0 Å². The lowest BCUT2D eigenvalue weighted by atomic mass is 10.2. The Morgan fingerprint density at radius 1 is 1.39 bits per heavy atom. The lowest BCUT2D eigenvalue weighted by molar-refractivity contribution is 0.110. The van der Waals surface area contributed by atoms with Crippen LogP contribution < -0.4 is 5.32 Å². The summed E-state index contributed by atoms with van der Waals surface area (Å²) in [7, 11) is 0. The van der Waals surface area contributed by atoms with Gasteiger partial charge in [-0.25, -0.2) is 4.68 Å². The average Bonchev–Trinajstić information content (AvgIpc) is 3.04. The molecule has 0 spiro atoms. The number of nitrogens with zero attached hydrogens (tertiary/aromatic N) is 3. The Labute approximate surface area is 106 Å². The Morgan fingerprint density at radius 2 is 2.33 bits per heavy atom. The number of aromatic nitrogens is 3. The van der Waals surface area contributed by atoms with E-state index in [-0.39, 0.29) is 0 Å². The Kier molecular flexibility index (Phi) is 3.52. The van der Waals surface area contributed by atoms with Gasteiger partial charge in [0.2, 0.25) is 0 Å². The maximum Gasteiger partial charge on any atom is 0.113 e. The van der Waals surface area contributed by atoms with E-state index in [1.807, 2.05) is 22.9 Å². The molecule has 0 saturated carbocycles. The molecule has 1 fully saturated rings. The molecule has 18 heavy (non-hydrogen) atoms. The standard InChI is InChI=1S/C13H18N4O/c1-2-6-13-12(5-1)15-16-17(13)8-7-14-10-11-4-3-9-18-11/h1-2,5-6,11,14H,3-4,7-10H2. The van der Waals surface area contributed by atoms with Crippen molar-refractivity contribution in [3.05, 3.63) is 24.3 Å². The third kappa shape index (κ3) is 2.52. The molecule has 1 aromatic carbocycles. The van der Waals surface area contributed by atoms with Crippen LogP contribution in [0.3, 0.4) is 0 Å². The van der Waals surface area contributed by atoms with Gasteiger partial charge in [-0.1, -0.05) is 17.3 Å². The number of hydrogen-bond donors (Lipinski definition) is 1. The smallest absolute Gasteiger partial charge is 0.113 e. The van der Waals surface area contributed by atoms with Gasteiger partial charge in [0.1, 0.15) is 5.52 Å². The molecule has 2 aromatic rings. The molecular weight excluding hydrogens is 228 g/mol. The van der Waals surface area contributed by atoms with Crippen molar-refractivity contribution in [1.29, 1.82) is 0 Å². The molecule has 2 heterocycles. The SMILES string of the molecule is c1ccc2c(c1)nnn2CCNCC1CCCO1. The summed E-state index contributed by atoms with van der Waals surface area (Å²) in [5.41, 5.74) is 2.05. The normalized spacial score (nSPS) is 19.7. The van der Waals surface area contributed by atoms with E-state index in [0.29, 0.717) is 6.10 Å². The zero-order chi connectivity index (χ0) is 12.2. The molecule has 1 saturated heterocycles. The van der Waals surface area contributed by atoms with Gasteiger partial charge < -0.3 is 10.1 Å². The maximum absolute atomic E-state index is 5.56. The Morgan fingerprint density at radius 3 is 3.22 bits per heavy atom. The summed E-state index contributed by atoms with van der Waals surface area (Å²) >= 11 is 0. The second-order valence-electron chi connectivity index (χ2n) is 4.64. The number of rotatable bonds is 5. The topological polar surface area (TPSA) is 52.0 Å². The Hall–Kier alpha value is -1.46. The lowest BCUT2D eigenvalue weighted by Crippen LogP contribution is -2.29.